The van der Waals surface area contributed by atoms with Crippen molar-refractivity contribution in [1.82, 2.24) is 15.3 Å². The summed E-state index contributed by atoms with van der Waals surface area (Å²) in [7, 11) is 0. The molecule has 2 aromatic rings. The van der Waals surface area contributed by atoms with Crippen LogP contribution in [-0.4, -0.2) is 22.7 Å². The number of carbonyl (C=O) groups excluding carboxylic acids is 1. The minimum Gasteiger partial charge on any atom is -0.447 e. The predicted molar refractivity (Wildman–Crippen MR) is 71.6 cm³/mol. The lowest BCUT2D eigenvalue weighted by Gasteiger charge is -2.08. The Morgan fingerprint density at radius 3 is 2.95 bits per heavy atom. The lowest BCUT2D eigenvalue weighted by molar-refractivity contribution is 0.176. The van der Waals surface area contributed by atoms with Crippen LogP contribution >= 0.6 is 0 Å². The van der Waals surface area contributed by atoms with E-state index >= 15 is 0 Å². The number of rotatable bonds is 1. The first-order valence-corrected chi connectivity index (χ1v) is 6.24. The number of halogens is 1. The zero-order chi connectivity index (χ0) is 14.7. The Bertz CT molecular complexity index is 738. The number of alkyl carbamates (subject to hydrolysis) is 1. The molecule has 3 heterocycles. The smallest absolute Gasteiger partial charge is 0.407 e. The Labute approximate surface area is 120 Å². The Balaban J connectivity index is 1.88. The Morgan fingerprint density at radius 2 is 2.24 bits per heavy atom. The van der Waals surface area contributed by atoms with Crippen LogP contribution in [-0.2, 0) is 4.74 Å². The minimum absolute atomic E-state index is 0.0779. The molecule has 0 bridgehead atoms. The number of aromatic nitrogens is 2. The third-order valence-corrected chi connectivity index (χ3v) is 2.91. The summed E-state index contributed by atoms with van der Waals surface area (Å²) in [6.07, 6.45) is 2.42. The molecule has 0 aromatic carbocycles. The number of nitrogens with one attached hydrogen (secondary N) is 1. The second kappa shape index (κ2) is 5.59. The molecule has 6 heteroatoms. The molecule has 1 aliphatic heterocycles. The average molecular weight is 283 g/mol. The van der Waals surface area contributed by atoms with E-state index in [2.05, 4.69) is 27.1 Å². The van der Waals surface area contributed by atoms with Crippen molar-refractivity contribution in [2.75, 3.05) is 6.61 Å². The maximum absolute atomic E-state index is 13.7. The number of amides is 1. The normalized spacial score (nSPS) is 16.6. The predicted octanol–water partition coefficient (Wildman–Crippen LogP) is 1.80. The fourth-order valence-electron chi connectivity index (χ4n) is 1.90. The number of carbonyl (C=O) groups is 1. The molecule has 104 valence electrons. The van der Waals surface area contributed by atoms with Crippen LogP contribution in [0.2, 0.25) is 0 Å². The van der Waals surface area contributed by atoms with Crippen LogP contribution in [0.25, 0.3) is 0 Å². The highest BCUT2D eigenvalue weighted by Crippen LogP contribution is 2.20. The zero-order valence-corrected chi connectivity index (χ0v) is 10.8. The summed E-state index contributed by atoms with van der Waals surface area (Å²) < 4.78 is 18.5. The van der Waals surface area contributed by atoms with Gasteiger partial charge in [0.05, 0.1) is 6.04 Å². The average Bonchev–Trinajstić information content (AvgIpc) is 2.94. The molecule has 3 rings (SSSR count). The van der Waals surface area contributed by atoms with Crippen LogP contribution in [0.4, 0.5) is 9.18 Å². The van der Waals surface area contributed by atoms with Gasteiger partial charge in [0.2, 0.25) is 5.95 Å². The van der Waals surface area contributed by atoms with Crippen molar-refractivity contribution in [3.8, 4) is 11.8 Å². The SMILES string of the molecule is O=C1N[C@H](c2cc(C#Cc3ccccn3)cnc2F)CO1. The molecule has 1 amide bonds. The highest BCUT2D eigenvalue weighted by Gasteiger charge is 2.26. The number of pyridine rings is 2. The largest absolute Gasteiger partial charge is 0.447 e. The van der Waals surface area contributed by atoms with Crippen LogP contribution in [0.5, 0.6) is 0 Å². The number of ether oxygens (including phenoxy) is 1. The molecule has 0 unspecified atom stereocenters. The van der Waals surface area contributed by atoms with Crippen LogP contribution < -0.4 is 5.32 Å². The lowest BCUT2D eigenvalue weighted by Crippen LogP contribution is -2.19. The number of cyclic esters (lactones) is 1. The van der Waals surface area contributed by atoms with Gasteiger partial charge in [-0.2, -0.15) is 4.39 Å². The quantitative estimate of drug-likeness (QED) is 0.640. The molecule has 0 aliphatic carbocycles. The molecule has 0 radical (unpaired) electrons. The molecule has 5 nitrogen and oxygen atoms in total. The van der Waals surface area contributed by atoms with Crippen LogP contribution in [0.15, 0.2) is 36.7 Å². The summed E-state index contributed by atoms with van der Waals surface area (Å²) in [5.74, 6) is 5.09. The first kappa shape index (κ1) is 13.1. The van der Waals surface area contributed by atoms with Crippen molar-refractivity contribution >= 4 is 6.09 Å². The molecule has 1 N–H and O–H groups in total. The molecule has 0 saturated carbocycles. The van der Waals surface area contributed by atoms with Crippen LogP contribution in [0.1, 0.15) is 22.9 Å². The highest BCUT2D eigenvalue weighted by molar-refractivity contribution is 5.70. The molecule has 2 aromatic heterocycles. The van der Waals surface area contributed by atoms with E-state index in [1.165, 1.54) is 6.20 Å². The van der Waals surface area contributed by atoms with E-state index in [9.17, 15) is 9.18 Å². The molecule has 1 atom stereocenters. The second-order valence-electron chi connectivity index (χ2n) is 4.36. The maximum atomic E-state index is 13.7. The van der Waals surface area contributed by atoms with E-state index in [4.69, 9.17) is 4.74 Å². The van der Waals surface area contributed by atoms with E-state index in [1.807, 2.05) is 6.07 Å². The van der Waals surface area contributed by atoms with Gasteiger partial charge in [0, 0.05) is 23.5 Å². The van der Waals surface area contributed by atoms with Gasteiger partial charge in [-0.05, 0) is 24.1 Å². The topological polar surface area (TPSA) is 64.1 Å². The molecule has 1 saturated heterocycles. The van der Waals surface area contributed by atoms with Gasteiger partial charge in [0.15, 0.2) is 0 Å². The molecule has 1 aliphatic rings. The molecular formula is C15H10FN3O2. The third kappa shape index (κ3) is 2.98. The summed E-state index contributed by atoms with van der Waals surface area (Å²) in [4.78, 5) is 18.8. The fraction of sp³-hybridized carbons (Fsp3) is 0.133. The van der Waals surface area contributed by atoms with Gasteiger partial charge in [-0.15, -0.1) is 0 Å². The first-order chi connectivity index (χ1) is 10.2. The monoisotopic (exact) mass is 283 g/mol. The van der Waals surface area contributed by atoms with E-state index in [0.717, 1.165) is 0 Å². The van der Waals surface area contributed by atoms with Crippen LogP contribution in [0.3, 0.4) is 0 Å². The minimum atomic E-state index is -0.644. The number of hydrogen-bond donors (Lipinski definition) is 1. The molecule has 21 heavy (non-hydrogen) atoms. The van der Waals surface area contributed by atoms with Gasteiger partial charge in [-0.25, -0.2) is 14.8 Å². The lowest BCUT2D eigenvalue weighted by atomic mass is 10.1. The number of hydrogen-bond acceptors (Lipinski definition) is 4. The van der Waals surface area contributed by atoms with Crippen molar-refractivity contribution in [2.24, 2.45) is 0 Å². The van der Waals surface area contributed by atoms with Gasteiger partial charge in [-0.3, -0.25) is 0 Å². The molecular weight excluding hydrogens is 273 g/mol. The summed E-state index contributed by atoms with van der Waals surface area (Å²) in [5.41, 5.74) is 1.41. The second-order valence-corrected chi connectivity index (χ2v) is 4.36. The van der Waals surface area contributed by atoms with Crippen molar-refractivity contribution < 1.29 is 13.9 Å². The van der Waals surface area contributed by atoms with Gasteiger partial charge in [0.1, 0.15) is 12.3 Å². The molecule has 0 spiro atoms. The Hall–Kier alpha value is -2.94. The van der Waals surface area contributed by atoms with Crippen molar-refractivity contribution in [3.05, 3.63) is 59.4 Å². The van der Waals surface area contributed by atoms with Gasteiger partial charge in [-0.1, -0.05) is 12.0 Å². The van der Waals surface area contributed by atoms with Gasteiger partial charge < -0.3 is 10.1 Å². The van der Waals surface area contributed by atoms with Crippen molar-refractivity contribution in [1.29, 1.82) is 0 Å². The summed E-state index contributed by atoms with van der Waals surface area (Å²) in [6.45, 7) is 0.0779. The summed E-state index contributed by atoms with van der Waals surface area (Å²) in [5, 5.41) is 2.51. The summed E-state index contributed by atoms with van der Waals surface area (Å²) >= 11 is 0. The zero-order valence-electron chi connectivity index (χ0n) is 10.8. The van der Waals surface area contributed by atoms with Crippen molar-refractivity contribution in [3.63, 3.8) is 0 Å². The standard InChI is InChI=1S/C15H10FN3O2/c16-14-12(13-9-21-15(20)19-13)7-10(8-18-14)4-5-11-3-1-2-6-17-11/h1-3,6-8,13H,9H2,(H,19,20)/t13-/m0/s1. The van der Waals surface area contributed by atoms with E-state index < -0.39 is 18.1 Å². The molecule has 1 fully saturated rings. The van der Waals surface area contributed by atoms with E-state index in [1.54, 1.807) is 24.4 Å². The summed E-state index contributed by atoms with van der Waals surface area (Å²) in [6, 6.07) is 6.41. The van der Waals surface area contributed by atoms with Gasteiger partial charge in [0.25, 0.3) is 0 Å². The first-order valence-electron chi connectivity index (χ1n) is 6.24. The Morgan fingerprint density at radius 1 is 1.33 bits per heavy atom. The number of nitrogens with zero attached hydrogens (tertiary/aromatic N) is 2. The maximum Gasteiger partial charge on any atom is 0.407 e. The Kier molecular flexibility index (Phi) is 3.48. The van der Waals surface area contributed by atoms with Gasteiger partial charge >= 0.3 is 6.09 Å². The van der Waals surface area contributed by atoms with E-state index in [0.29, 0.717) is 11.3 Å². The fourth-order valence-corrected chi connectivity index (χ4v) is 1.90. The highest BCUT2D eigenvalue weighted by atomic mass is 19.1. The van der Waals surface area contributed by atoms with E-state index in [-0.39, 0.29) is 12.2 Å². The van der Waals surface area contributed by atoms with Crippen LogP contribution in [0, 0.1) is 17.8 Å². The van der Waals surface area contributed by atoms with Crippen molar-refractivity contribution in [2.45, 2.75) is 6.04 Å². The third-order valence-electron chi connectivity index (χ3n) is 2.91.